The second-order valence-electron chi connectivity index (χ2n) is 4.66. The van der Waals surface area contributed by atoms with Crippen LogP contribution in [0, 0.1) is 5.82 Å². The zero-order valence-corrected chi connectivity index (χ0v) is 11.5. The molecule has 2 heterocycles. The van der Waals surface area contributed by atoms with E-state index >= 15 is 0 Å². The first-order valence-corrected chi connectivity index (χ1v) is 6.61. The largest absolute Gasteiger partial charge is 0.395 e. The molecule has 1 aliphatic heterocycles. The van der Waals surface area contributed by atoms with E-state index < -0.39 is 5.82 Å². The average Bonchev–Trinajstić information content (AvgIpc) is 2.47. The Kier molecular flexibility index (Phi) is 4.86. The number of carbonyl (C=O) groups is 1. The van der Waals surface area contributed by atoms with Gasteiger partial charge in [-0.05, 0) is 6.07 Å². The molecule has 20 heavy (non-hydrogen) atoms. The minimum atomic E-state index is -0.522. The molecule has 0 aliphatic carbocycles. The SMILES string of the molecule is CNc1ncc(F)cc1C(=O)N1CCN(CCO)CC1. The highest BCUT2D eigenvalue weighted by Crippen LogP contribution is 2.16. The number of aliphatic hydroxyl groups is 1. The molecule has 1 aromatic heterocycles. The van der Waals surface area contributed by atoms with E-state index in [0.29, 0.717) is 38.5 Å². The lowest BCUT2D eigenvalue weighted by Crippen LogP contribution is -2.49. The summed E-state index contributed by atoms with van der Waals surface area (Å²) in [4.78, 5) is 20.1. The lowest BCUT2D eigenvalue weighted by molar-refractivity contribution is 0.0615. The van der Waals surface area contributed by atoms with Crippen molar-refractivity contribution >= 4 is 11.7 Å². The van der Waals surface area contributed by atoms with E-state index in [4.69, 9.17) is 5.11 Å². The molecule has 2 N–H and O–H groups in total. The molecule has 0 aromatic carbocycles. The fourth-order valence-electron chi connectivity index (χ4n) is 2.29. The van der Waals surface area contributed by atoms with Crippen molar-refractivity contribution in [2.75, 3.05) is 51.7 Å². The van der Waals surface area contributed by atoms with Gasteiger partial charge in [0.2, 0.25) is 0 Å². The van der Waals surface area contributed by atoms with Gasteiger partial charge >= 0.3 is 0 Å². The highest BCUT2D eigenvalue weighted by atomic mass is 19.1. The molecule has 1 aromatic rings. The van der Waals surface area contributed by atoms with Crippen molar-refractivity contribution in [2.45, 2.75) is 0 Å². The second-order valence-corrected chi connectivity index (χ2v) is 4.66. The standard InChI is InChI=1S/C13H19FN4O2/c1-15-12-11(8-10(14)9-16-12)13(20)18-4-2-17(3-5-18)6-7-19/h8-9,19H,2-7H2,1H3,(H,15,16). The molecule has 0 bridgehead atoms. The van der Waals surface area contributed by atoms with Gasteiger partial charge in [-0.1, -0.05) is 0 Å². The normalized spacial score (nSPS) is 16.2. The van der Waals surface area contributed by atoms with Gasteiger partial charge in [0.05, 0.1) is 18.4 Å². The number of anilines is 1. The van der Waals surface area contributed by atoms with Crippen LogP contribution in [0.3, 0.4) is 0 Å². The Morgan fingerprint density at radius 1 is 1.45 bits per heavy atom. The smallest absolute Gasteiger partial charge is 0.257 e. The Morgan fingerprint density at radius 3 is 2.75 bits per heavy atom. The third kappa shape index (κ3) is 3.23. The fourth-order valence-corrected chi connectivity index (χ4v) is 2.29. The van der Waals surface area contributed by atoms with Gasteiger partial charge in [0.1, 0.15) is 11.6 Å². The first-order valence-electron chi connectivity index (χ1n) is 6.61. The number of rotatable bonds is 4. The van der Waals surface area contributed by atoms with Gasteiger partial charge in [0.15, 0.2) is 0 Å². The highest BCUT2D eigenvalue weighted by Gasteiger charge is 2.24. The number of carbonyl (C=O) groups excluding carboxylic acids is 1. The van der Waals surface area contributed by atoms with Gasteiger partial charge in [-0.2, -0.15) is 0 Å². The van der Waals surface area contributed by atoms with Crippen molar-refractivity contribution in [2.24, 2.45) is 0 Å². The van der Waals surface area contributed by atoms with E-state index in [0.717, 1.165) is 6.20 Å². The van der Waals surface area contributed by atoms with Gasteiger partial charge in [0, 0.05) is 39.8 Å². The molecular weight excluding hydrogens is 263 g/mol. The molecule has 0 spiro atoms. The lowest BCUT2D eigenvalue weighted by atomic mass is 10.2. The molecular formula is C13H19FN4O2. The number of hydrogen-bond donors (Lipinski definition) is 2. The Labute approximate surface area is 117 Å². The van der Waals surface area contributed by atoms with E-state index in [9.17, 15) is 9.18 Å². The van der Waals surface area contributed by atoms with Crippen LogP contribution in [0.25, 0.3) is 0 Å². The van der Waals surface area contributed by atoms with E-state index in [1.54, 1.807) is 11.9 Å². The van der Waals surface area contributed by atoms with Crippen LogP contribution in [0.15, 0.2) is 12.3 Å². The molecule has 1 fully saturated rings. The van der Waals surface area contributed by atoms with Crippen LogP contribution in [0.1, 0.15) is 10.4 Å². The predicted molar refractivity (Wildman–Crippen MR) is 73.2 cm³/mol. The Hall–Kier alpha value is -1.73. The monoisotopic (exact) mass is 282 g/mol. The van der Waals surface area contributed by atoms with Crippen molar-refractivity contribution < 1.29 is 14.3 Å². The molecule has 1 aliphatic rings. The summed E-state index contributed by atoms with van der Waals surface area (Å²) >= 11 is 0. The highest BCUT2D eigenvalue weighted by molar-refractivity contribution is 5.98. The van der Waals surface area contributed by atoms with Crippen LogP contribution in [0.4, 0.5) is 10.2 Å². The maximum absolute atomic E-state index is 13.3. The number of piperazine rings is 1. The number of nitrogens with one attached hydrogen (secondary N) is 1. The Morgan fingerprint density at radius 2 is 2.15 bits per heavy atom. The summed E-state index contributed by atoms with van der Waals surface area (Å²) in [5.74, 6) is -0.356. The van der Waals surface area contributed by atoms with Crippen LogP contribution >= 0.6 is 0 Å². The number of halogens is 1. The van der Waals surface area contributed by atoms with Crippen molar-refractivity contribution in [3.63, 3.8) is 0 Å². The van der Waals surface area contributed by atoms with Gasteiger partial charge in [-0.25, -0.2) is 9.37 Å². The summed E-state index contributed by atoms with van der Waals surface area (Å²) in [6.07, 6.45) is 1.09. The molecule has 1 saturated heterocycles. The molecule has 0 radical (unpaired) electrons. The van der Waals surface area contributed by atoms with E-state index in [2.05, 4.69) is 15.2 Å². The van der Waals surface area contributed by atoms with Gasteiger partial charge < -0.3 is 15.3 Å². The van der Waals surface area contributed by atoms with Crippen LogP contribution in [-0.2, 0) is 0 Å². The second kappa shape index (κ2) is 6.62. The molecule has 0 atom stereocenters. The summed E-state index contributed by atoms with van der Waals surface area (Å²) in [7, 11) is 1.65. The molecule has 7 heteroatoms. The van der Waals surface area contributed by atoms with E-state index in [1.807, 2.05) is 0 Å². The zero-order valence-electron chi connectivity index (χ0n) is 11.5. The Balaban J connectivity index is 2.07. The average molecular weight is 282 g/mol. The van der Waals surface area contributed by atoms with Gasteiger partial charge in [-0.15, -0.1) is 0 Å². The van der Waals surface area contributed by atoms with Crippen molar-refractivity contribution in [3.8, 4) is 0 Å². The third-order valence-corrected chi connectivity index (χ3v) is 3.40. The molecule has 0 saturated carbocycles. The molecule has 110 valence electrons. The number of β-amino-alcohol motifs (C(OH)–C–C–N with tert-alkyl or cyclic N) is 1. The quantitative estimate of drug-likeness (QED) is 0.814. The van der Waals surface area contributed by atoms with Crippen LogP contribution in [0.2, 0.25) is 0 Å². The number of aliphatic hydroxyl groups excluding tert-OH is 1. The first-order chi connectivity index (χ1) is 9.65. The maximum Gasteiger partial charge on any atom is 0.257 e. The minimum absolute atomic E-state index is 0.117. The van der Waals surface area contributed by atoms with Crippen LogP contribution < -0.4 is 5.32 Å². The molecule has 6 nitrogen and oxygen atoms in total. The van der Waals surface area contributed by atoms with Crippen molar-refractivity contribution in [3.05, 3.63) is 23.6 Å². The summed E-state index contributed by atoms with van der Waals surface area (Å²) in [5.41, 5.74) is 0.253. The van der Waals surface area contributed by atoms with E-state index in [-0.39, 0.29) is 18.1 Å². The molecule has 1 amide bonds. The van der Waals surface area contributed by atoms with Crippen molar-refractivity contribution in [1.82, 2.24) is 14.8 Å². The summed E-state index contributed by atoms with van der Waals surface area (Å²) in [6, 6.07) is 1.21. The zero-order chi connectivity index (χ0) is 14.5. The topological polar surface area (TPSA) is 68.7 Å². The number of hydrogen-bond acceptors (Lipinski definition) is 5. The number of pyridine rings is 1. The number of aromatic nitrogens is 1. The van der Waals surface area contributed by atoms with Gasteiger partial charge in [-0.3, -0.25) is 9.69 Å². The summed E-state index contributed by atoms with van der Waals surface area (Å²) in [6.45, 7) is 3.29. The Bertz CT molecular complexity index is 475. The van der Waals surface area contributed by atoms with Crippen LogP contribution in [0.5, 0.6) is 0 Å². The first kappa shape index (κ1) is 14.7. The molecule has 0 unspecified atom stereocenters. The maximum atomic E-state index is 13.3. The van der Waals surface area contributed by atoms with Gasteiger partial charge in [0.25, 0.3) is 5.91 Å². The lowest BCUT2D eigenvalue weighted by Gasteiger charge is -2.34. The van der Waals surface area contributed by atoms with E-state index in [1.165, 1.54) is 6.07 Å². The summed E-state index contributed by atoms with van der Waals surface area (Å²) < 4.78 is 13.3. The van der Waals surface area contributed by atoms with Crippen molar-refractivity contribution in [1.29, 1.82) is 0 Å². The minimum Gasteiger partial charge on any atom is -0.395 e. The third-order valence-electron chi connectivity index (χ3n) is 3.40. The summed E-state index contributed by atoms with van der Waals surface area (Å²) in [5, 5.41) is 11.7. The number of amides is 1. The fraction of sp³-hybridized carbons (Fsp3) is 0.538. The number of nitrogens with zero attached hydrogens (tertiary/aromatic N) is 3. The predicted octanol–water partition coefficient (Wildman–Crippen LogP) is 0.0125. The molecule has 2 rings (SSSR count). The van der Waals surface area contributed by atoms with Crippen LogP contribution in [-0.4, -0.2) is 72.2 Å².